The molecule has 25 heavy (non-hydrogen) atoms. The van der Waals surface area contributed by atoms with Crippen molar-refractivity contribution in [1.82, 2.24) is 10.0 Å². The van der Waals surface area contributed by atoms with Crippen LogP contribution in [0, 0.1) is 0 Å². The van der Waals surface area contributed by atoms with Crippen molar-refractivity contribution in [3.63, 3.8) is 0 Å². The summed E-state index contributed by atoms with van der Waals surface area (Å²) >= 11 is 0. The molecule has 2 aliphatic rings. The molecule has 0 bridgehead atoms. The third-order valence-corrected chi connectivity index (χ3v) is 4.07. The van der Waals surface area contributed by atoms with Gasteiger partial charge in [-0.25, -0.2) is 4.99 Å². The summed E-state index contributed by atoms with van der Waals surface area (Å²) in [5.74, 6) is 2.62. The molecule has 0 spiro atoms. The van der Waals surface area contributed by atoms with E-state index in [0.29, 0.717) is 19.8 Å². The lowest BCUT2D eigenvalue weighted by Gasteiger charge is -2.34. The van der Waals surface area contributed by atoms with Crippen LogP contribution in [0.5, 0.6) is 5.75 Å². The second-order valence-electron chi connectivity index (χ2n) is 5.88. The summed E-state index contributed by atoms with van der Waals surface area (Å²) in [6.07, 6.45) is 4.96. The van der Waals surface area contributed by atoms with Crippen molar-refractivity contribution in [2.24, 2.45) is 4.99 Å². The Kier molecular flexibility index (Phi) is 5.60. The van der Waals surface area contributed by atoms with Crippen LogP contribution in [-0.4, -0.2) is 56.3 Å². The zero-order chi connectivity index (χ0) is 17.6. The Morgan fingerprint density at radius 2 is 1.84 bits per heavy atom. The first-order valence-corrected chi connectivity index (χ1v) is 8.58. The van der Waals surface area contributed by atoms with Crippen LogP contribution in [0.1, 0.15) is 18.9 Å². The van der Waals surface area contributed by atoms with Crippen molar-refractivity contribution in [2.45, 2.75) is 13.3 Å². The maximum absolute atomic E-state index is 5.78. The fourth-order valence-electron chi connectivity index (χ4n) is 2.70. The van der Waals surface area contributed by atoms with Crippen molar-refractivity contribution in [2.75, 3.05) is 40.5 Å². The van der Waals surface area contributed by atoms with Gasteiger partial charge in [0, 0.05) is 20.2 Å². The van der Waals surface area contributed by atoms with E-state index < -0.39 is 0 Å². The van der Waals surface area contributed by atoms with Gasteiger partial charge in [0.1, 0.15) is 18.2 Å². The average molecular weight is 343 g/mol. The maximum Gasteiger partial charge on any atom is 0.208 e. The lowest BCUT2D eigenvalue weighted by molar-refractivity contribution is 0.00534. The smallest absolute Gasteiger partial charge is 0.208 e. The van der Waals surface area contributed by atoms with Gasteiger partial charge in [-0.3, -0.25) is 10.0 Å². The van der Waals surface area contributed by atoms with E-state index in [0.717, 1.165) is 41.7 Å². The molecule has 134 valence electrons. The Bertz CT molecular complexity index is 680. The molecule has 0 aliphatic carbocycles. The largest absolute Gasteiger partial charge is 0.491 e. The van der Waals surface area contributed by atoms with Crippen molar-refractivity contribution >= 4 is 5.71 Å². The van der Waals surface area contributed by atoms with Crippen molar-refractivity contribution in [3.8, 4) is 5.75 Å². The molecule has 6 heteroatoms. The third kappa shape index (κ3) is 3.96. The normalized spacial score (nSPS) is 16.2. The SMILES string of the molecule is CCCOC1=CC=C2N=C(c3ccc(OCCOC)cc3)CN2N1C. The standard InChI is InChI=1S/C19H25N3O3/c1-4-11-25-19-10-9-18-20-17(14-22(18)21(19)2)15-5-7-16(8-6-15)24-13-12-23-3/h5-10H,4,11-14H2,1-3H3. The van der Waals surface area contributed by atoms with Crippen LogP contribution in [0.25, 0.3) is 0 Å². The average Bonchev–Trinajstić information content (AvgIpc) is 3.07. The summed E-state index contributed by atoms with van der Waals surface area (Å²) in [4.78, 5) is 4.75. The van der Waals surface area contributed by atoms with Gasteiger partial charge in [-0.15, -0.1) is 0 Å². The number of hydrogen-bond donors (Lipinski definition) is 0. The summed E-state index contributed by atoms with van der Waals surface area (Å²) in [5, 5.41) is 4.13. The van der Waals surface area contributed by atoms with Crippen LogP contribution in [0.2, 0.25) is 0 Å². The number of benzene rings is 1. The van der Waals surface area contributed by atoms with Crippen molar-refractivity contribution < 1.29 is 14.2 Å². The molecule has 2 heterocycles. The minimum Gasteiger partial charge on any atom is -0.491 e. The molecule has 0 saturated carbocycles. The lowest BCUT2D eigenvalue weighted by Crippen LogP contribution is -2.40. The number of methoxy groups -OCH3 is 1. The summed E-state index contributed by atoms with van der Waals surface area (Å²) in [7, 11) is 3.67. The number of hydrogen-bond acceptors (Lipinski definition) is 6. The molecular formula is C19H25N3O3. The van der Waals surface area contributed by atoms with Gasteiger partial charge in [0.25, 0.3) is 0 Å². The molecular weight excluding hydrogens is 318 g/mol. The molecule has 0 N–H and O–H groups in total. The molecule has 3 rings (SSSR count). The van der Waals surface area contributed by atoms with E-state index in [1.165, 1.54) is 0 Å². The topological polar surface area (TPSA) is 46.5 Å². The first-order valence-electron chi connectivity index (χ1n) is 8.58. The first-order chi connectivity index (χ1) is 12.2. The Balaban J connectivity index is 1.67. The van der Waals surface area contributed by atoms with Gasteiger partial charge in [-0.1, -0.05) is 6.92 Å². The van der Waals surface area contributed by atoms with E-state index in [-0.39, 0.29) is 0 Å². The highest BCUT2D eigenvalue weighted by molar-refractivity contribution is 6.04. The first kappa shape index (κ1) is 17.4. The van der Waals surface area contributed by atoms with Crippen molar-refractivity contribution in [3.05, 3.63) is 53.7 Å². The van der Waals surface area contributed by atoms with Crippen LogP contribution in [0.4, 0.5) is 0 Å². The third-order valence-electron chi connectivity index (χ3n) is 4.07. The van der Waals surface area contributed by atoms with Crippen molar-refractivity contribution in [1.29, 1.82) is 0 Å². The molecule has 6 nitrogen and oxygen atoms in total. The molecule has 0 amide bonds. The van der Waals surface area contributed by atoms with Crippen LogP contribution in [0.3, 0.4) is 0 Å². The summed E-state index contributed by atoms with van der Waals surface area (Å²) in [5.41, 5.74) is 2.13. The lowest BCUT2D eigenvalue weighted by atomic mass is 10.1. The molecule has 0 saturated heterocycles. The maximum atomic E-state index is 5.78. The van der Waals surface area contributed by atoms with Crippen LogP contribution < -0.4 is 4.74 Å². The highest BCUT2D eigenvalue weighted by atomic mass is 16.5. The molecule has 2 aliphatic heterocycles. The number of aliphatic imine (C=N–C) groups is 1. The summed E-state index contributed by atoms with van der Waals surface area (Å²) < 4.78 is 16.4. The minimum atomic E-state index is 0.550. The Labute approximate surface area is 149 Å². The number of fused-ring (bicyclic) bond motifs is 1. The minimum absolute atomic E-state index is 0.550. The Morgan fingerprint density at radius 1 is 1.04 bits per heavy atom. The van der Waals surface area contributed by atoms with Crippen LogP contribution in [-0.2, 0) is 9.47 Å². The van der Waals surface area contributed by atoms with Gasteiger partial charge in [0.05, 0.1) is 25.5 Å². The van der Waals surface area contributed by atoms with Gasteiger partial charge >= 0.3 is 0 Å². The predicted molar refractivity (Wildman–Crippen MR) is 97.2 cm³/mol. The second-order valence-corrected chi connectivity index (χ2v) is 5.88. The molecule has 0 unspecified atom stereocenters. The van der Waals surface area contributed by atoms with Gasteiger partial charge in [0.15, 0.2) is 0 Å². The molecule has 0 radical (unpaired) electrons. The van der Waals surface area contributed by atoms with E-state index in [1.54, 1.807) is 7.11 Å². The van der Waals surface area contributed by atoms with Crippen LogP contribution >= 0.6 is 0 Å². The van der Waals surface area contributed by atoms with E-state index in [9.17, 15) is 0 Å². The fraction of sp³-hybridized carbons (Fsp3) is 0.421. The molecule has 1 aromatic rings. The van der Waals surface area contributed by atoms with E-state index in [2.05, 4.69) is 11.9 Å². The fourth-order valence-corrected chi connectivity index (χ4v) is 2.70. The van der Waals surface area contributed by atoms with E-state index in [4.69, 9.17) is 19.2 Å². The Morgan fingerprint density at radius 3 is 2.56 bits per heavy atom. The van der Waals surface area contributed by atoms with Crippen LogP contribution in [0.15, 0.2) is 53.1 Å². The predicted octanol–water partition coefficient (Wildman–Crippen LogP) is 2.79. The van der Waals surface area contributed by atoms with E-state index >= 15 is 0 Å². The number of rotatable bonds is 8. The molecule has 0 aromatic heterocycles. The highest BCUT2D eigenvalue weighted by Crippen LogP contribution is 2.27. The zero-order valence-corrected chi connectivity index (χ0v) is 15.1. The summed E-state index contributed by atoms with van der Waals surface area (Å²) in [6.45, 7) is 4.67. The monoisotopic (exact) mass is 343 g/mol. The van der Waals surface area contributed by atoms with Gasteiger partial charge in [-0.2, -0.15) is 0 Å². The second kappa shape index (κ2) is 8.07. The number of nitrogens with zero attached hydrogens (tertiary/aromatic N) is 3. The van der Waals surface area contributed by atoms with Gasteiger partial charge in [0.2, 0.25) is 5.88 Å². The highest BCUT2D eigenvalue weighted by Gasteiger charge is 2.28. The Hall–Kier alpha value is -2.47. The number of allylic oxidation sites excluding steroid dienone is 2. The molecule has 0 fully saturated rings. The molecule has 0 atom stereocenters. The number of ether oxygens (including phenoxy) is 3. The van der Waals surface area contributed by atoms with Gasteiger partial charge < -0.3 is 14.2 Å². The zero-order valence-electron chi connectivity index (χ0n) is 15.1. The van der Waals surface area contributed by atoms with E-state index in [1.807, 2.05) is 48.5 Å². The van der Waals surface area contributed by atoms with Gasteiger partial charge in [-0.05, 0) is 42.3 Å². The molecule has 1 aromatic carbocycles. The summed E-state index contributed by atoms with van der Waals surface area (Å²) in [6, 6.07) is 8.03. The number of hydrazine groups is 1. The quantitative estimate of drug-likeness (QED) is 0.679.